The number of hydrogen-bond donors (Lipinski definition) is 0. The molecule has 0 aliphatic heterocycles. The van der Waals surface area contributed by atoms with Crippen molar-refractivity contribution in [1.29, 1.82) is 0 Å². The monoisotopic (exact) mass is 375 g/mol. The summed E-state index contributed by atoms with van der Waals surface area (Å²) in [6.07, 6.45) is 5.07. The van der Waals surface area contributed by atoms with E-state index in [0.29, 0.717) is 13.0 Å². The molecule has 0 atom stereocenters. The summed E-state index contributed by atoms with van der Waals surface area (Å²) in [6, 6.07) is 18.6. The van der Waals surface area contributed by atoms with Crippen LogP contribution in [0.5, 0.6) is 0 Å². The normalized spacial score (nSPS) is 11.4. The summed E-state index contributed by atoms with van der Waals surface area (Å²) < 4.78 is 1.84. The summed E-state index contributed by atoms with van der Waals surface area (Å²) in [5, 5.41) is 4.40. The van der Waals surface area contributed by atoms with Crippen molar-refractivity contribution in [2.45, 2.75) is 45.6 Å². The van der Waals surface area contributed by atoms with Crippen molar-refractivity contribution in [2.75, 3.05) is 7.05 Å². The van der Waals surface area contributed by atoms with E-state index in [2.05, 4.69) is 50.1 Å². The number of para-hydroxylation sites is 1. The molecule has 0 saturated heterocycles. The summed E-state index contributed by atoms with van der Waals surface area (Å²) in [7, 11) is 1.85. The van der Waals surface area contributed by atoms with Gasteiger partial charge in [0.05, 0.1) is 11.9 Å². The number of benzene rings is 2. The van der Waals surface area contributed by atoms with Gasteiger partial charge in [-0.05, 0) is 35.1 Å². The van der Waals surface area contributed by atoms with Crippen molar-refractivity contribution in [2.24, 2.45) is 0 Å². The quantitative estimate of drug-likeness (QED) is 0.623. The van der Waals surface area contributed by atoms with Crippen LogP contribution in [0.1, 0.15) is 43.9 Å². The third kappa shape index (κ3) is 5.10. The first-order valence-electron chi connectivity index (χ1n) is 9.75. The Morgan fingerprint density at radius 3 is 2.32 bits per heavy atom. The number of carbonyl (C=O) groups excluding carboxylic acids is 1. The van der Waals surface area contributed by atoms with Gasteiger partial charge in [0, 0.05) is 31.8 Å². The highest BCUT2D eigenvalue weighted by atomic mass is 16.2. The van der Waals surface area contributed by atoms with Crippen LogP contribution in [-0.2, 0) is 23.2 Å². The van der Waals surface area contributed by atoms with E-state index in [9.17, 15) is 4.79 Å². The number of carbonyl (C=O) groups is 1. The van der Waals surface area contributed by atoms with Crippen molar-refractivity contribution in [1.82, 2.24) is 14.7 Å². The van der Waals surface area contributed by atoms with E-state index >= 15 is 0 Å². The Bertz CT molecular complexity index is 905. The molecule has 0 unspecified atom stereocenters. The van der Waals surface area contributed by atoms with Crippen molar-refractivity contribution in [3.8, 4) is 5.69 Å². The second-order valence-corrected chi connectivity index (χ2v) is 8.33. The third-order valence-electron chi connectivity index (χ3n) is 4.95. The second kappa shape index (κ2) is 8.42. The largest absolute Gasteiger partial charge is 0.341 e. The minimum atomic E-state index is 0.146. The van der Waals surface area contributed by atoms with E-state index in [0.717, 1.165) is 17.7 Å². The van der Waals surface area contributed by atoms with Gasteiger partial charge in [-0.1, -0.05) is 63.2 Å². The Labute approximate surface area is 167 Å². The molecule has 1 aromatic heterocycles. The Balaban J connectivity index is 1.53. The third-order valence-corrected chi connectivity index (χ3v) is 4.95. The van der Waals surface area contributed by atoms with Gasteiger partial charge in [-0.2, -0.15) is 5.10 Å². The lowest BCUT2D eigenvalue weighted by atomic mass is 9.86. The fraction of sp³-hybridized carbons (Fsp3) is 0.333. The molecular weight excluding hydrogens is 346 g/mol. The number of aryl methyl sites for hydroxylation is 1. The summed E-state index contributed by atoms with van der Waals surface area (Å²) in [5.74, 6) is 0.146. The molecule has 0 N–H and O–H groups in total. The first-order chi connectivity index (χ1) is 13.3. The first-order valence-corrected chi connectivity index (χ1v) is 9.75. The predicted octanol–water partition coefficient (Wildman–Crippen LogP) is 4.76. The summed E-state index contributed by atoms with van der Waals surface area (Å²) in [5.41, 5.74) is 4.70. The van der Waals surface area contributed by atoms with Crippen molar-refractivity contribution < 1.29 is 4.79 Å². The minimum absolute atomic E-state index is 0.146. The van der Waals surface area contributed by atoms with Gasteiger partial charge in [0.1, 0.15) is 0 Å². The van der Waals surface area contributed by atoms with Crippen molar-refractivity contribution >= 4 is 5.91 Å². The van der Waals surface area contributed by atoms with E-state index < -0.39 is 0 Å². The maximum atomic E-state index is 12.5. The fourth-order valence-electron chi connectivity index (χ4n) is 3.14. The van der Waals surface area contributed by atoms with Crippen LogP contribution in [-0.4, -0.2) is 27.6 Å². The van der Waals surface area contributed by atoms with Gasteiger partial charge in [0.15, 0.2) is 0 Å². The molecule has 1 amide bonds. The summed E-state index contributed by atoms with van der Waals surface area (Å²) >= 11 is 0. The van der Waals surface area contributed by atoms with E-state index in [1.54, 1.807) is 4.90 Å². The maximum absolute atomic E-state index is 12.5. The highest BCUT2D eigenvalue weighted by Crippen LogP contribution is 2.22. The molecule has 0 aliphatic rings. The van der Waals surface area contributed by atoms with Gasteiger partial charge >= 0.3 is 0 Å². The average Bonchev–Trinajstić information content (AvgIpc) is 3.15. The molecule has 4 heteroatoms. The second-order valence-electron chi connectivity index (χ2n) is 8.33. The molecule has 0 spiro atoms. The highest BCUT2D eigenvalue weighted by Gasteiger charge is 2.14. The topological polar surface area (TPSA) is 38.1 Å². The van der Waals surface area contributed by atoms with Gasteiger partial charge in [-0.25, -0.2) is 4.68 Å². The molecule has 1 heterocycles. The highest BCUT2D eigenvalue weighted by molar-refractivity contribution is 5.76. The molecule has 0 saturated carbocycles. The molecule has 0 bridgehead atoms. The molecule has 28 heavy (non-hydrogen) atoms. The fourth-order valence-corrected chi connectivity index (χ4v) is 3.14. The number of rotatable bonds is 6. The van der Waals surface area contributed by atoms with Gasteiger partial charge in [0.2, 0.25) is 5.91 Å². The Morgan fingerprint density at radius 1 is 1.00 bits per heavy atom. The maximum Gasteiger partial charge on any atom is 0.222 e. The van der Waals surface area contributed by atoms with Crippen LogP contribution in [0.25, 0.3) is 5.69 Å². The van der Waals surface area contributed by atoms with E-state index in [4.69, 9.17) is 0 Å². The predicted molar refractivity (Wildman–Crippen MR) is 114 cm³/mol. The van der Waals surface area contributed by atoms with E-state index in [1.807, 2.05) is 54.5 Å². The number of aromatic nitrogens is 2. The summed E-state index contributed by atoms with van der Waals surface area (Å²) in [4.78, 5) is 14.3. The number of hydrogen-bond acceptors (Lipinski definition) is 2. The van der Waals surface area contributed by atoms with E-state index in [-0.39, 0.29) is 11.3 Å². The standard InChI is InChI=1S/C24H29N3O/c1-24(2,3)21-13-10-19(11-14-21)12-15-23(28)26(4)17-20-16-25-27(18-20)22-8-6-5-7-9-22/h5-11,13-14,16,18H,12,15,17H2,1-4H3. The Morgan fingerprint density at radius 2 is 1.68 bits per heavy atom. The average molecular weight is 376 g/mol. The molecule has 4 nitrogen and oxygen atoms in total. The molecule has 0 aliphatic carbocycles. The number of nitrogens with zero attached hydrogens (tertiary/aromatic N) is 3. The molecular formula is C24H29N3O. The van der Waals surface area contributed by atoms with Crippen LogP contribution >= 0.6 is 0 Å². The van der Waals surface area contributed by atoms with Crippen LogP contribution in [0.15, 0.2) is 67.0 Å². The first kappa shape index (κ1) is 19.9. The molecule has 2 aromatic carbocycles. The Hall–Kier alpha value is -2.88. The van der Waals surface area contributed by atoms with Crippen LogP contribution in [0, 0.1) is 0 Å². The Kier molecular flexibility index (Phi) is 5.98. The molecule has 0 fully saturated rings. The molecule has 3 rings (SSSR count). The lowest BCUT2D eigenvalue weighted by Gasteiger charge is -2.19. The zero-order valence-electron chi connectivity index (χ0n) is 17.2. The molecule has 3 aromatic rings. The lowest BCUT2D eigenvalue weighted by Crippen LogP contribution is -2.26. The zero-order chi connectivity index (χ0) is 20.1. The van der Waals surface area contributed by atoms with Gasteiger partial charge in [-0.3, -0.25) is 4.79 Å². The van der Waals surface area contributed by atoms with Gasteiger partial charge in [0.25, 0.3) is 0 Å². The van der Waals surface area contributed by atoms with Crippen molar-refractivity contribution in [3.05, 3.63) is 83.7 Å². The molecule has 0 radical (unpaired) electrons. The summed E-state index contributed by atoms with van der Waals surface area (Å²) in [6.45, 7) is 7.19. The van der Waals surface area contributed by atoms with Crippen LogP contribution in [0.2, 0.25) is 0 Å². The molecule has 146 valence electrons. The SMILES string of the molecule is CN(Cc1cnn(-c2ccccc2)c1)C(=O)CCc1ccc(C(C)(C)C)cc1. The van der Waals surface area contributed by atoms with E-state index in [1.165, 1.54) is 11.1 Å². The minimum Gasteiger partial charge on any atom is -0.341 e. The number of amides is 1. The van der Waals surface area contributed by atoms with Crippen LogP contribution < -0.4 is 0 Å². The van der Waals surface area contributed by atoms with Crippen LogP contribution in [0.3, 0.4) is 0 Å². The van der Waals surface area contributed by atoms with Crippen LogP contribution in [0.4, 0.5) is 0 Å². The lowest BCUT2D eigenvalue weighted by molar-refractivity contribution is -0.130. The zero-order valence-corrected chi connectivity index (χ0v) is 17.2. The van der Waals surface area contributed by atoms with Crippen molar-refractivity contribution in [3.63, 3.8) is 0 Å². The smallest absolute Gasteiger partial charge is 0.222 e. The van der Waals surface area contributed by atoms with Gasteiger partial charge in [-0.15, -0.1) is 0 Å². The van der Waals surface area contributed by atoms with Gasteiger partial charge < -0.3 is 4.90 Å².